The first kappa shape index (κ1) is 25.7. The average Bonchev–Trinajstić information content (AvgIpc) is 3.27. The first-order valence-electron chi connectivity index (χ1n) is 12.4. The van der Waals surface area contributed by atoms with E-state index < -0.39 is 29.9 Å². The number of nitrogens with zero attached hydrogens (tertiary/aromatic N) is 1. The quantitative estimate of drug-likeness (QED) is 0.418. The Hall–Kier alpha value is -3.89. The Morgan fingerprint density at radius 2 is 1.87 bits per heavy atom. The number of anilines is 1. The summed E-state index contributed by atoms with van der Waals surface area (Å²) in [6.07, 6.45) is 2.30. The lowest BCUT2D eigenvalue weighted by Gasteiger charge is -2.37. The number of aromatic nitrogens is 1. The molecule has 2 aliphatic heterocycles. The molecule has 3 N–H and O–H groups in total. The Morgan fingerprint density at radius 3 is 2.66 bits per heavy atom. The summed E-state index contributed by atoms with van der Waals surface area (Å²) >= 11 is 0. The van der Waals surface area contributed by atoms with Crippen molar-refractivity contribution < 1.29 is 33.0 Å². The van der Waals surface area contributed by atoms with Gasteiger partial charge in [-0.05, 0) is 60.5 Å². The molecular weight excluding hydrogens is 496 g/mol. The summed E-state index contributed by atoms with van der Waals surface area (Å²) in [7, 11) is 0. The van der Waals surface area contributed by atoms with Gasteiger partial charge in [-0.15, -0.1) is 0 Å². The normalized spacial score (nSPS) is 21.7. The lowest BCUT2D eigenvalue weighted by molar-refractivity contribution is -0.142. The molecule has 2 aromatic carbocycles. The Morgan fingerprint density at radius 1 is 1.05 bits per heavy atom. The molecule has 1 fully saturated rings. The number of halogens is 2. The van der Waals surface area contributed by atoms with Gasteiger partial charge in [-0.1, -0.05) is 0 Å². The topological polar surface area (TPSA) is 110 Å². The minimum Gasteiger partial charge on any atom is -0.487 e. The molecule has 0 aliphatic carbocycles. The Balaban J connectivity index is 1.23. The molecule has 198 valence electrons. The molecular formula is C28H27F2N3O5. The monoisotopic (exact) mass is 523 g/mol. The SMILES string of the molecule is O=C(C[C@@H]1C[C@H]2c3cc(NC(=O)Cc4ccncc4)ccc3O[C@H]2[C@H](CO)O1)NCc1cc(F)ccc1F. The van der Waals surface area contributed by atoms with Crippen molar-refractivity contribution in [2.75, 3.05) is 11.9 Å². The number of pyridine rings is 1. The van der Waals surface area contributed by atoms with Crippen molar-refractivity contribution in [1.82, 2.24) is 10.3 Å². The van der Waals surface area contributed by atoms with Crippen molar-refractivity contribution in [2.24, 2.45) is 0 Å². The molecule has 3 heterocycles. The lowest BCUT2D eigenvalue weighted by atomic mass is 9.84. The van der Waals surface area contributed by atoms with Crippen molar-refractivity contribution in [3.63, 3.8) is 0 Å². The van der Waals surface area contributed by atoms with E-state index in [0.717, 1.165) is 29.3 Å². The lowest BCUT2D eigenvalue weighted by Crippen LogP contribution is -2.47. The van der Waals surface area contributed by atoms with E-state index in [2.05, 4.69) is 15.6 Å². The highest BCUT2D eigenvalue weighted by Crippen LogP contribution is 2.47. The second-order valence-electron chi connectivity index (χ2n) is 9.45. The molecule has 0 saturated carbocycles. The van der Waals surface area contributed by atoms with Crippen LogP contribution in [0.4, 0.5) is 14.5 Å². The van der Waals surface area contributed by atoms with E-state index in [1.54, 1.807) is 36.7 Å². The van der Waals surface area contributed by atoms with Crippen LogP contribution < -0.4 is 15.4 Å². The number of rotatable bonds is 8. The van der Waals surface area contributed by atoms with Gasteiger partial charge in [-0.3, -0.25) is 14.6 Å². The standard InChI is InChI=1S/C28H27F2N3O5/c29-18-1-3-23(30)17(10-18)14-32-26(35)13-20-12-22-21-11-19(33-27(36)9-16-5-7-31-8-6-16)2-4-24(21)38-28(22)25(15-34)37-20/h1-8,10-11,20,22,25,28,34H,9,12-15H2,(H,32,35)(H,33,36)/t20-,22-,25-,28+/m0/s1. The number of ether oxygens (including phenoxy) is 2. The number of hydrogen-bond acceptors (Lipinski definition) is 6. The van der Waals surface area contributed by atoms with Crippen LogP contribution in [0.5, 0.6) is 5.75 Å². The van der Waals surface area contributed by atoms with Crippen LogP contribution in [0.25, 0.3) is 0 Å². The molecule has 2 aliphatic rings. The summed E-state index contributed by atoms with van der Waals surface area (Å²) in [5, 5.41) is 15.5. The highest BCUT2D eigenvalue weighted by molar-refractivity contribution is 5.92. The highest BCUT2D eigenvalue weighted by Gasteiger charge is 2.46. The van der Waals surface area contributed by atoms with E-state index in [9.17, 15) is 23.5 Å². The number of carbonyl (C=O) groups is 2. The zero-order chi connectivity index (χ0) is 26.6. The van der Waals surface area contributed by atoms with Crippen LogP contribution in [-0.4, -0.2) is 46.8 Å². The first-order chi connectivity index (χ1) is 18.4. The molecule has 3 aromatic rings. The molecule has 0 radical (unpaired) electrons. The molecule has 5 rings (SSSR count). The van der Waals surface area contributed by atoms with Gasteiger partial charge < -0.3 is 25.2 Å². The summed E-state index contributed by atoms with van der Waals surface area (Å²) in [4.78, 5) is 29.1. The molecule has 8 nitrogen and oxygen atoms in total. The number of carbonyl (C=O) groups excluding carboxylic acids is 2. The molecule has 0 spiro atoms. The van der Waals surface area contributed by atoms with Crippen LogP contribution in [0.3, 0.4) is 0 Å². The van der Waals surface area contributed by atoms with Gasteiger partial charge in [0, 0.05) is 41.7 Å². The predicted octanol–water partition coefficient (Wildman–Crippen LogP) is 3.24. The van der Waals surface area contributed by atoms with Crippen LogP contribution >= 0.6 is 0 Å². The van der Waals surface area contributed by atoms with Crippen LogP contribution in [0.1, 0.15) is 35.4 Å². The zero-order valence-electron chi connectivity index (χ0n) is 20.4. The number of aliphatic hydroxyl groups is 1. The molecule has 1 aromatic heterocycles. The van der Waals surface area contributed by atoms with Crippen LogP contribution in [0.2, 0.25) is 0 Å². The van der Waals surface area contributed by atoms with Crippen molar-refractivity contribution in [2.45, 2.75) is 50.0 Å². The third kappa shape index (κ3) is 5.81. The number of amides is 2. The number of aliphatic hydroxyl groups excluding tert-OH is 1. The smallest absolute Gasteiger partial charge is 0.228 e. The number of nitrogens with one attached hydrogen (secondary N) is 2. The fourth-order valence-corrected chi connectivity index (χ4v) is 5.01. The number of benzene rings is 2. The van der Waals surface area contributed by atoms with E-state index in [1.165, 1.54) is 0 Å². The van der Waals surface area contributed by atoms with Gasteiger partial charge in [0.05, 0.1) is 25.6 Å². The largest absolute Gasteiger partial charge is 0.487 e. The van der Waals surface area contributed by atoms with E-state index in [1.807, 2.05) is 6.07 Å². The second kappa shape index (κ2) is 11.2. The Kier molecular flexibility index (Phi) is 7.62. The van der Waals surface area contributed by atoms with Gasteiger partial charge in [-0.2, -0.15) is 0 Å². The van der Waals surface area contributed by atoms with Gasteiger partial charge in [0.25, 0.3) is 0 Å². The maximum Gasteiger partial charge on any atom is 0.228 e. The maximum absolute atomic E-state index is 13.9. The molecule has 0 bridgehead atoms. The molecule has 38 heavy (non-hydrogen) atoms. The fraction of sp³-hybridized carbons (Fsp3) is 0.321. The fourth-order valence-electron chi connectivity index (χ4n) is 5.01. The molecule has 4 atom stereocenters. The molecule has 1 saturated heterocycles. The Labute approximate surface area is 218 Å². The van der Waals surface area contributed by atoms with Crippen molar-refractivity contribution in [1.29, 1.82) is 0 Å². The third-order valence-electron chi connectivity index (χ3n) is 6.79. The molecule has 2 amide bonds. The van der Waals surface area contributed by atoms with Gasteiger partial charge in [-0.25, -0.2) is 8.78 Å². The van der Waals surface area contributed by atoms with Crippen molar-refractivity contribution >= 4 is 17.5 Å². The van der Waals surface area contributed by atoms with Gasteiger partial charge in [0.1, 0.15) is 29.6 Å². The summed E-state index contributed by atoms with van der Waals surface area (Å²) < 4.78 is 39.3. The molecule has 10 heteroatoms. The minimum atomic E-state index is -0.649. The van der Waals surface area contributed by atoms with Crippen LogP contribution in [0, 0.1) is 11.6 Å². The van der Waals surface area contributed by atoms with E-state index >= 15 is 0 Å². The summed E-state index contributed by atoms with van der Waals surface area (Å²) in [5.41, 5.74) is 2.38. The van der Waals surface area contributed by atoms with Crippen molar-refractivity contribution in [3.05, 3.63) is 89.2 Å². The van der Waals surface area contributed by atoms with Crippen LogP contribution in [0.15, 0.2) is 60.9 Å². The summed E-state index contributed by atoms with van der Waals surface area (Å²) in [5.74, 6) is -1.27. The van der Waals surface area contributed by atoms with E-state index in [-0.39, 0.29) is 49.3 Å². The van der Waals surface area contributed by atoms with Crippen molar-refractivity contribution in [3.8, 4) is 5.75 Å². The minimum absolute atomic E-state index is 0.0195. The zero-order valence-corrected chi connectivity index (χ0v) is 20.4. The number of hydrogen-bond donors (Lipinski definition) is 3. The average molecular weight is 524 g/mol. The highest BCUT2D eigenvalue weighted by atomic mass is 19.1. The van der Waals surface area contributed by atoms with Crippen LogP contribution in [-0.2, 0) is 27.3 Å². The summed E-state index contributed by atoms with van der Waals surface area (Å²) in [6, 6.07) is 12.0. The Bertz CT molecular complexity index is 1320. The maximum atomic E-state index is 13.9. The third-order valence-corrected chi connectivity index (χ3v) is 6.79. The van der Waals surface area contributed by atoms with Gasteiger partial charge >= 0.3 is 0 Å². The van der Waals surface area contributed by atoms with Gasteiger partial charge in [0.15, 0.2) is 0 Å². The molecule has 0 unspecified atom stereocenters. The second-order valence-corrected chi connectivity index (χ2v) is 9.45. The first-order valence-corrected chi connectivity index (χ1v) is 12.4. The van der Waals surface area contributed by atoms with E-state index in [0.29, 0.717) is 17.9 Å². The predicted molar refractivity (Wildman–Crippen MR) is 133 cm³/mol. The van der Waals surface area contributed by atoms with Gasteiger partial charge in [0.2, 0.25) is 11.8 Å². The number of fused-ring (bicyclic) bond motifs is 3. The van der Waals surface area contributed by atoms with E-state index in [4.69, 9.17) is 9.47 Å². The summed E-state index contributed by atoms with van der Waals surface area (Å²) in [6.45, 7) is -0.448.